The number of fused-ring (bicyclic) bond motifs is 2. The monoisotopic (exact) mass is 436 g/mol. The van der Waals surface area contributed by atoms with Gasteiger partial charge in [0.15, 0.2) is 0 Å². The Labute approximate surface area is 190 Å². The van der Waals surface area contributed by atoms with Gasteiger partial charge in [-0.3, -0.25) is 14.9 Å². The maximum Gasteiger partial charge on any atom is 0.227 e. The first kappa shape index (κ1) is 19.7. The summed E-state index contributed by atoms with van der Waals surface area (Å²) >= 11 is 0. The summed E-state index contributed by atoms with van der Waals surface area (Å²) in [5, 5.41) is 12.9. The largest absolute Gasteiger partial charge is 0.338 e. The van der Waals surface area contributed by atoms with Gasteiger partial charge < -0.3 is 10.3 Å². The summed E-state index contributed by atoms with van der Waals surface area (Å²) in [6.45, 7) is 2.08. The summed E-state index contributed by atoms with van der Waals surface area (Å²) in [4.78, 5) is 24.8. The fourth-order valence-electron chi connectivity index (χ4n) is 4.86. The van der Waals surface area contributed by atoms with Gasteiger partial charge in [-0.25, -0.2) is 4.98 Å². The molecule has 5 aromatic rings. The number of H-pyrrole nitrogens is 2. The van der Waals surface area contributed by atoms with Crippen LogP contribution in [-0.2, 0) is 4.79 Å². The van der Waals surface area contributed by atoms with Crippen LogP contribution in [0.5, 0.6) is 0 Å². The van der Waals surface area contributed by atoms with E-state index in [-0.39, 0.29) is 11.8 Å². The quantitative estimate of drug-likeness (QED) is 0.341. The van der Waals surface area contributed by atoms with E-state index in [0.717, 1.165) is 81.4 Å². The SMILES string of the molecule is Cc1cc2[nH]nc(-c3cc4cccnc4[nH]3)c2cc1-c1cncc(NC(=O)C2CCCC2)c1. The van der Waals surface area contributed by atoms with Crippen LogP contribution in [0.1, 0.15) is 31.2 Å². The molecular formula is C26H24N6O. The molecule has 0 aliphatic heterocycles. The second kappa shape index (κ2) is 7.85. The van der Waals surface area contributed by atoms with Gasteiger partial charge >= 0.3 is 0 Å². The summed E-state index contributed by atoms with van der Waals surface area (Å²) in [5.41, 5.74) is 7.44. The molecule has 164 valence electrons. The zero-order valence-electron chi connectivity index (χ0n) is 18.4. The number of hydrogen-bond donors (Lipinski definition) is 3. The molecule has 1 fully saturated rings. The Morgan fingerprint density at radius 1 is 1.12 bits per heavy atom. The van der Waals surface area contributed by atoms with Crippen LogP contribution in [0.15, 0.2) is 55.0 Å². The van der Waals surface area contributed by atoms with Crippen molar-refractivity contribution in [3.8, 4) is 22.5 Å². The van der Waals surface area contributed by atoms with E-state index < -0.39 is 0 Å². The highest BCUT2D eigenvalue weighted by atomic mass is 16.1. The van der Waals surface area contributed by atoms with Crippen LogP contribution in [0.4, 0.5) is 5.69 Å². The Hall–Kier alpha value is -4.00. The molecular weight excluding hydrogens is 412 g/mol. The van der Waals surface area contributed by atoms with Gasteiger partial charge in [-0.15, -0.1) is 0 Å². The topological polar surface area (TPSA) is 99.3 Å². The highest BCUT2D eigenvalue weighted by Gasteiger charge is 2.23. The third-order valence-corrected chi connectivity index (χ3v) is 6.60. The van der Waals surface area contributed by atoms with Gasteiger partial charge in [0.1, 0.15) is 11.3 Å². The fraction of sp³-hybridized carbons (Fsp3) is 0.231. The van der Waals surface area contributed by atoms with Gasteiger partial charge in [-0.2, -0.15) is 5.10 Å². The maximum absolute atomic E-state index is 12.6. The third-order valence-electron chi connectivity index (χ3n) is 6.60. The van der Waals surface area contributed by atoms with E-state index in [2.05, 4.69) is 55.6 Å². The van der Waals surface area contributed by atoms with Gasteiger partial charge in [-0.05, 0) is 67.3 Å². The van der Waals surface area contributed by atoms with Crippen LogP contribution in [-0.4, -0.2) is 31.1 Å². The molecule has 0 bridgehead atoms. The zero-order valence-corrected chi connectivity index (χ0v) is 18.4. The molecule has 6 rings (SSSR count). The molecule has 3 N–H and O–H groups in total. The smallest absolute Gasteiger partial charge is 0.227 e. The second-order valence-corrected chi connectivity index (χ2v) is 8.84. The highest BCUT2D eigenvalue weighted by molar-refractivity contribution is 5.98. The van der Waals surface area contributed by atoms with Gasteiger partial charge in [0, 0.05) is 34.6 Å². The van der Waals surface area contributed by atoms with E-state index in [1.165, 1.54) is 0 Å². The normalized spacial score (nSPS) is 14.3. The average Bonchev–Trinajstić information content (AvgIpc) is 3.57. The first-order valence-electron chi connectivity index (χ1n) is 11.3. The lowest BCUT2D eigenvalue weighted by Crippen LogP contribution is -2.20. The number of benzene rings is 1. The molecule has 1 saturated carbocycles. The summed E-state index contributed by atoms with van der Waals surface area (Å²) < 4.78 is 0. The molecule has 1 aliphatic carbocycles. The number of nitrogens with zero attached hydrogens (tertiary/aromatic N) is 3. The van der Waals surface area contributed by atoms with Crippen LogP contribution in [0.25, 0.3) is 44.5 Å². The number of amides is 1. The Kier molecular flexibility index (Phi) is 4.68. The van der Waals surface area contributed by atoms with Crippen LogP contribution in [0, 0.1) is 12.8 Å². The number of anilines is 1. The number of carbonyl (C=O) groups excluding carboxylic acids is 1. The number of hydrogen-bond acceptors (Lipinski definition) is 4. The Bertz CT molecular complexity index is 1460. The van der Waals surface area contributed by atoms with Crippen molar-refractivity contribution in [1.82, 2.24) is 25.1 Å². The van der Waals surface area contributed by atoms with Crippen molar-refractivity contribution < 1.29 is 4.79 Å². The fourth-order valence-corrected chi connectivity index (χ4v) is 4.86. The lowest BCUT2D eigenvalue weighted by atomic mass is 9.98. The number of aromatic amines is 2. The van der Waals surface area contributed by atoms with Crippen LogP contribution in [0.2, 0.25) is 0 Å². The molecule has 1 aromatic carbocycles. The van der Waals surface area contributed by atoms with Crippen molar-refractivity contribution in [2.45, 2.75) is 32.6 Å². The lowest BCUT2D eigenvalue weighted by molar-refractivity contribution is -0.119. The van der Waals surface area contributed by atoms with Crippen molar-refractivity contribution in [3.05, 3.63) is 60.6 Å². The van der Waals surface area contributed by atoms with Crippen molar-refractivity contribution in [3.63, 3.8) is 0 Å². The standard InChI is InChI=1S/C26H24N6O/c1-15-9-22-21(24(32-31-22)23-11-17-7-4-8-28-25(17)30-23)12-20(15)18-10-19(14-27-13-18)29-26(33)16-5-2-3-6-16/h4,7-14,16H,2-3,5-6H2,1H3,(H,28,30)(H,29,33)(H,31,32). The van der Waals surface area contributed by atoms with E-state index in [1.807, 2.05) is 24.4 Å². The number of aromatic nitrogens is 5. The molecule has 0 radical (unpaired) electrons. The lowest BCUT2D eigenvalue weighted by Gasteiger charge is -2.12. The predicted octanol–water partition coefficient (Wildman–Crippen LogP) is 5.61. The maximum atomic E-state index is 12.6. The van der Waals surface area contributed by atoms with Crippen molar-refractivity contribution >= 4 is 33.5 Å². The number of aryl methyl sites for hydroxylation is 1. The summed E-state index contributed by atoms with van der Waals surface area (Å²) in [6.07, 6.45) is 9.54. The molecule has 4 aromatic heterocycles. The molecule has 4 heterocycles. The highest BCUT2D eigenvalue weighted by Crippen LogP contribution is 2.34. The number of pyridine rings is 2. The molecule has 7 nitrogen and oxygen atoms in total. The van der Waals surface area contributed by atoms with Crippen LogP contribution in [0.3, 0.4) is 0 Å². The molecule has 33 heavy (non-hydrogen) atoms. The molecule has 0 spiro atoms. The van der Waals surface area contributed by atoms with Gasteiger partial charge in [-0.1, -0.05) is 12.8 Å². The molecule has 0 unspecified atom stereocenters. The summed E-state index contributed by atoms with van der Waals surface area (Å²) in [6, 6.07) is 12.3. The van der Waals surface area contributed by atoms with E-state index in [1.54, 1.807) is 12.4 Å². The van der Waals surface area contributed by atoms with Crippen LogP contribution >= 0.6 is 0 Å². The molecule has 1 aliphatic rings. The summed E-state index contributed by atoms with van der Waals surface area (Å²) in [5.74, 6) is 0.217. The minimum absolute atomic E-state index is 0.100. The first-order valence-corrected chi connectivity index (χ1v) is 11.3. The summed E-state index contributed by atoms with van der Waals surface area (Å²) in [7, 11) is 0. The Morgan fingerprint density at radius 3 is 2.85 bits per heavy atom. The predicted molar refractivity (Wildman–Crippen MR) is 130 cm³/mol. The van der Waals surface area contributed by atoms with Gasteiger partial charge in [0.2, 0.25) is 5.91 Å². The zero-order chi connectivity index (χ0) is 22.4. The van der Waals surface area contributed by atoms with Crippen molar-refractivity contribution in [1.29, 1.82) is 0 Å². The van der Waals surface area contributed by atoms with Crippen LogP contribution < -0.4 is 5.32 Å². The van der Waals surface area contributed by atoms with Gasteiger partial charge in [0.25, 0.3) is 0 Å². The van der Waals surface area contributed by atoms with Crippen molar-refractivity contribution in [2.24, 2.45) is 5.92 Å². The second-order valence-electron chi connectivity index (χ2n) is 8.84. The number of carbonyl (C=O) groups is 1. The third kappa shape index (κ3) is 3.55. The van der Waals surface area contributed by atoms with Crippen molar-refractivity contribution in [2.75, 3.05) is 5.32 Å². The Morgan fingerprint density at radius 2 is 2.00 bits per heavy atom. The number of rotatable bonds is 4. The van der Waals surface area contributed by atoms with E-state index in [0.29, 0.717) is 0 Å². The van der Waals surface area contributed by atoms with E-state index >= 15 is 0 Å². The minimum Gasteiger partial charge on any atom is -0.338 e. The van der Waals surface area contributed by atoms with E-state index in [4.69, 9.17) is 0 Å². The molecule has 0 saturated heterocycles. The molecule has 7 heteroatoms. The number of nitrogens with one attached hydrogen (secondary N) is 3. The molecule has 1 amide bonds. The average molecular weight is 437 g/mol. The first-order chi connectivity index (χ1) is 16.2. The molecule has 0 atom stereocenters. The Balaban J connectivity index is 1.38. The minimum atomic E-state index is 0.100. The van der Waals surface area contributed by atoms with Gasteiger partial charge in [0.05, 0.1) is 23.1 Å². The van der Waals surface area contributed by atoms with E-state index in [9.17, 15) is 4.79 Å².